The van der Waals surface area contributed by atoms with Crippen LogP contribution in [-0.2, 0) is 26.2 Å². The van der Waals surface area contributed by atoms with E-state index in [0.717, 1.165) is 15.4 Å². The molecular formula is C34H45N3O7S. The van der Waals surface area contributed by atoms with Crippen LogP contribution in [0, 0.1) is 12.8 Å². The highest BCUT2D eigenvalue weighted by Crippen LogP contribution is 2.33. The number of benzene rings is 3. The fraction of sp³-hybridized carbons (Fsp3) is 0.412. The van der Waals surface area contributed by atoms with Gasteiger partial charge in [-0.25, -0.2) is 8.42 Å². The second kappa shape index (κ2) is 16.2. The topological polar surface area (TPSA) is 114 Å². The fourth-order valence-corrected chi connectivity index (χ4v) is 6.25. The molecular weight excluding hydrogens is 594 g/mol. The predicted molar refractivity (Wildman–Crippen MR) is 175 cm³/mol. The summed E-state index contributed by atoms with van der Waals surface area (Å²) in [6.45, 7) is 10.1. The molecule has 10 nitrogen and oxygen atoms in total. The summed E-state index contributed by atoms with van der Waals surface area (Å²) < 4.78 is 45.8. The van der Waals surface area contributed by atoms with E-state index in [2.05, 4.69) is 5.32 Å². The van der Waals surface area contributed by atoms with E-state index >= 15 is 0 Å². The normalized spacial score (nSPS) is 11.9. The van der Waals surface area contributed by atoms with E-state index < -0.39 is 28.5 Å². The Morgan fingerprint density at radius 3 is 2.16 bits per heavy atom. The van der Waals surface area contributed by atoms with E-state index in [1.807, 2.05) is 58.9 Å². The molecule has 0 aliphatic rings. The Kier molecular flexibility index (Phi) is 12.7. The smallest absolute Gasteiger partial charge is 0.264 e. The van der Waals surface area contributed by atoms with Crippen molar-refractivity contribution >= 4 is 27.5 Å². The maximum Gasteiger partial charge on any atom is 0.264 e. The monoisotopic (exact) mass is 639 g/mol. The van der Waals surface area contributed by atoms with E-state index in [4.69, 9.17) is 14.2 Å². The van der Waals surface area contributed by atoms with Crippen molar-refractivity contribution in [3.8, 4) is 17.2 Å². The van der Waals surface area contributed by atoms with Gasteiger partial charge in [0, 0.05) is 19.2 Å². The molecule has 0 radical (unpaired) electrons. The summed E-state index contributed by atoms with van der Waals surface area (Å²) in [5.74, 6) is 0.554. The molecule has 3 rings (SSSR count). The predicted octanol–water partition coefficient (Wildman–Crippen LogP) is 5.19. The lowest BCUT2D eigenvalue weighted by Gasteiger charge is -2.33. The zero-order chi connectivity index (χ0) is 33.1. The molecule has 0 saturated carbocycles. The summed E-state index contributed by atoms with van der Waals surface area (Å²) in [5, 5.41) is 2.95. The molecule has 3 aromatic carbocycles. The third-order valence-electron chi connectivity index (χ3n) is 7.33. The van der Waals surface area contributed by atoms with Crippen LogP contribution in [-0.4, -0.2) is 65.1 Å². The molecule has 244 valence electrons. The first-order chi connectivity index (χ1) is 21.5. The van der Waals surface area contributed by atoms with Crippen LogP contribution >= 0.6 is 0 Å². The van der Waals surface area contributed by atoms with E-state index in [1.165, 1.54) is 37.3 Å². The molecule has 0 bridgehead atoms. The van der Waals surface area contributed by atoms with Crippen molar-refractivity contribution in [2.24, 2.45) is 5.92 Å². The standard InChI is InChI=1S/C34H45N3O7S/c1-8-30(34(39)35-21-24(3)4)36(22-26-13-11-10-12-25(26)5)33(38)23-37(27-14-16-28(17-15-27)44-9-2)45(40,41)29-18-19-31(42-6)32(20-29)43-7/h10-20,24,30H,8-9,21-23H2,1-7H3,(H,35,39)/t30-/m0/s1. The average Bonchev–Trinajstić information content (AvgIpc) is 3.03. The number of carbonyl (C=O) groups excluding carboxylic acids is 2. The highest BCUT2D eigenvalue weighted by atomic mass is 32.2. The molecule has 0 spiro atoms. The Balaban J connectivity index is 2.11. The van der Waals surface area contributed by atoms with Crippen LogP contribution in [0.4, 0.5) is 5.69 Å². The van der Waals surface area contributed by atoms with Gasteiger partial charge in [-0.15, -0.1) is 0 Å². The molecule has 1 N–H and O–H groups in total. The van der Waals surface area contributed by atoms with Gasteiger partial charge in [-0.05, 0) is 73.7 Å². The highest BCUT2D eigenvalue weighted by molar-refractivity contribution is 7.92. The van der Waals surface area contributed by atoms with E-state index in [9.17, 15) is 18.0 Å². The van der Waals surface area contributed by atoms with Crippen molar-refractivity contribution < 1.29 is 32.2 Å². The van der Waals surface area contributed by atoms with Gasteiger partial charge >= 0.3 is 0 Å². The van der Waals surface area contributed by atoms with Gasteiger partial charge < -0.3 is 24.4 Å². The van der Waals surface area contributed by atoms with Gasteiger partial charge in [-0.1, -0.05) is 45.0 Å². The van der Waals surface area contributed by atoms with Crippen LogP contribution in [0.2, 0.25) is 0 Å². The van der Waals surface area contributed by atoms with Gasteiger partial charge in [0.25, 0.3) is 10.0 Å². The number of nitrogens with zero attached hydrogens (tertiary/aromatic N) is 2. The molecule has 0 fully saturated rings. The van der Waals surface area contributed by atoms with Crippen molar-refractivity contribution in [2.75, 3.05) is 38.2 Å². The Morgan fingerprint density at radius 1 is 0.911 bits per heavy atom. The number of rotatable bonds is 16. The number of anilines is 1. The number of amides is 2. The van der Waals surface area contributed by atoms with E-state index in [1.54, 1.807) is 24.3 Å². The summed E-state index contributed by atoms with van der Waals surface area (Å²) in [5.41, 5.74) is 2.07. The third kappa shape index (κ3) is 8.91. The average molecular weight is 640 g/mol. The van der Waals surface area contributed by atoms with Crippen molar-refractivity contribution in [3.05, 3.63) is 77.9 Å². The lowest BCUT2D eigenvalue weighted by molar-refractivity contribution is -0.140. The molecule has 0 heterocycles. The van der Waals surface area contributed by atoms with Gasteiger partial charge in [0.1, 0.15) is 18.3 Å². The van der Waals surface area contributed by atoms with Crippen molar-refractivity contribution in [3.63, 3.8) is 0 Å². The number of carbonyl (C=O) groups is 2. The molecule has 11 heteroatoms. The van der Waals surface area contributed by atoms with E-state index in [0.29, 0.717) is 31.1 Å². The molecule has 45 heavy (non-hydrogen) atoms. The maximum absolute atomic E-state index is 14.3. The second-order valence-electron chi connectivity index (χ2n) is 11.0. The zero-order valence-corrected chi connectivity index (χ0v) is 28.0. The summed E-state index contributed by atoms with van der Waals surface area (Å²) in [6, 6.07) is 17.6. The first kappa shape index (κ1) is 35.2. The Bertz CT molecular complexity index is 1540. The highest BCUT2D eigenvalue weighted by Gasteiger charge is 2.34. The van der Waals surface area contributed by atoms with Gasteiger partial charge in [0.05, 0.1) is 31.4 Å². The van der Waals surface area contributed by atoms with Crippen LogP contribution in [0.5, 0.6) is 17.2 Å². The van der Waals surface area contributed by atoms with Crippen LogP contribution in [0.3, 0.4) is 0 Å². The summed E-state index contributed by atoms with van der Waals surface area (Å²) in [6.07, 6.45) is 0.340. The first-order valence-corrected chi connectivity index (χ1v) is 16.5. The summed E-state index contributed by atoms with van der Waals surface area (Å²) >= 11 is 0. The Morgan fingerprint density at radius 2 is 1.58 bits per heavy atom. The van der Waals surface area contributed by atoms with Crippen LogP contribution in [0.25, 0.3) is 0 Å². The van der Waals surface area contributed by atoms with E-state index in [-0.39, 0.29) is 34.7 Å². The van der Waals surface area contributed by atoms with Crippen LogP contribution < -0.4 is 23.8 Å². The third-order valence-corrected chi connectivity index (χ3v) is 9.10. The lowest BCUT2D eigenvalue weighted by Crippen LogP contribution is -2.52. The number of hydrogen-bond acceptors (Lipinski definition) is 7. The largest absolute Gasteiger partial charge is 0.494 e. The fourth-order valence-electron chi connectivity index (χ4n) is 4.82. The zero-order valence-electron chi connectivity index (χ0n) is 27.2. The van der Waals surface area contributed by atoms with Crippen LogP contribution in [0.15, 0.2) is 71.6 Å². The number of sulfonamides is 1. The molecule has 0 unspecified atom stereocenters. The minimum absolute atomic E-state index is 0.0889. The van der Waals surface area contributed by atoms with Gasteiger partial charge in [0.2, 0.25) is 11.8 Å². The number of methoxy groups -OCH3 is 2. The second-order valence-corrected chi connectivity index (χ2v) is 12.8. The quantitative estimate of drug-likeness (QED) is 0.230. The molecule has 0 aliphatic heterocycles. The first-order valence-electron chi connectivity index (χ1n) is 15.1. The van der Waals surface area contributed by atoms with Crippen molar-refractivity contribution in [2.45, 2.75) is 58.5 Å². The lowest BCUT2D eigenvalue weighted by atomic mass is 10.1. The molecule has 0 saturated heterocycles. The van der Waals surface area contributed by atoms with Crippen molar-refractivity contribution in [1.29, 1.82) is 0 Å². The van der Waals surface area contributed by atoms with Gasteiger partial charge in [-0.3, -0.25) is 13.9 Å². The molecule has 1 atom stereocenters. The number of ether oxygens (including phenoxy) is 3. The minimum atomic E-state index is -4.31. The maximum atomic E-state index is 14.3. The Hall–Kier alpha value is -4.25. The molecule has 3 aromatic rings. The number of aryl methyl sites for hydroxylation is 1. The van der Waals surface area contributed by atoms with Gasteiger partial charge in [0.15, 0.2) is 11.5 Å². The summed E-state index contributed by atoms with van der Waals surface area (Å²) in [7, 11) is -1.43. The van der Waals surface area contributed by atoms with Gasteiger partial charge in [-0.2, -0.15) is 0 Å². The number of nitrogens with one attached hydrogen (secondary N) is 1. The minimum Gasteiger partial charge on any atom is -0.494 e. The molecule has 0 aromatic heterocycles. The molecule has 0 aliphatic carbocycles. The number of hydrogen-bond donors (Lipinski definition) is 1. The Labute approximate surface area is 267 Å². The molecule has 2 amide bonds. The van der Waals surface area contributed by atoms with Crippen LogP contribution in [0.1, 0.15) is 45.2 Å². The van der Waals surface area contributed by atoms with Crippen molar-refractivity contribution in [1.82, 2.24) is 10.2 Å². The summed E-state index contributed by atoms with van der Waals surface area (Å²) in [4.78, 5) is 29.1. The SMILES string of the molecule is CCOc1ccc(N(CC(=O)N(Cc2ccccc2C)[C@@H](CC)C(=O)NCC(C)C)S(=O)(=O)c2ccc(OC)c(OC)c2)cc1.